The van der Waals surface area contributed by atoms with Crippen LogP contribution in [0, 0.1) is 6.92 Å². The van der Waals surface area contributed by atoms with Crippen LogP contribution < -0.4 is 4.74 Å². The van der Waals surface area contributed by atoms with Gasteiger partial charge in [0.2, 0.25) is 5.89 Å². The minimum absolute atomic E-state index is 0.0315. The predicted octanol–water partition coefficient (Wildman–Crippen LogP) is 5.07. The third-order valence-corrected chi connectivity index (χ3v) is 4.56. The van der Waals surface area contributed by atoms with Gasteiger partial charge < -0.3 is 18.7 Å². The molecule has 0 saturated heterocycles. The molecule has 4 aromatic rings. The molecule has 0 aliphatic carbocycles. The van der Waals surface area contributed by atoms with Gasteiger partial charge in [-0.3, -0.25) is 0 Å². The van der Waals surface area contributed by atoms with Crippen molar-refractivity contribution < 1.29 is 18.7 Å². The van der Waals surface area contributed by atoms with Crippen molar-refractivity contribution in [3.8, 4) is 17.2 Å². The number of hydrogen-bond acceptors (Lipinski definition) is 5. The maximum atomic E-state index is 9.29. The summed E-state index contributed by atoms with van der Waals surface area (Å²) >= 11 is 0. The van der Waals surface area contributed by atoms with Crippen molar-refractivity contribution in [3.05, 3.63) is 71.8 Å². The number of furan rings is 1. The quantitative estimate of drug-likeness (QED) is 0.518. The summed E-state index contributed by atoms with van der Waals surface area (Å²) in [5.74, 6) is 2.81. The molecule has 0 fully saturated rings. The first-order valence-electron chi connectivity index (χ1n) is 8.93. The molecule has 0 radical (unpaired) electrons. The fraction of sp³-hybridized carbons (Fsp3) is 0.227. The summed E-state index contributed by atoms with van der Waals surface area (Å²) in [6.45, 7) is 4.19. The largest absolute Gasteiger partial charge is 0.487 e. The number of aromatic nitrogens is 1. The van der Waals surface area contributed by atoms with E-state index >= 15 is 0 Å². The van der Waals surface area contributed by atoms with Gasteiger partial charge in [-0.1, -0.05) is 25.1 Å². The Kier molecular flexibility index (Phi) is 4.69. The van der Waals surface area contributed by atoms with Crippen LogP contribution in [0.15, 0.2) is 63.4 Å². The number of ether oxygens (including phenoxy) is 1. The van der Waals surface area contributed by atoms with Crippen LogP contribution in [-0.4, -0.2) is 16.7 Å². The van der Waals surface area contributed by atoms with Crippen molar-refractivity contribution in [2.45, 2.75) is 26.4 Å². The van der Waals surface area contributed by atoms with Gasteiger partial charge in [-0.05, 0) is 43.3 Å². The molecule has 4 rings (SSSR count). The average molecular weight is 363 g/mol. The van der Waals surface area contributed by atoms with E-state index in [4.69, 9.17) is 13.6 Å². The number of aliphatic hydroxyl groups excluding tert-OH is 1. The van der Waals surface area contributed by atoms with Crippen LogP contribution >= 0.6 is 0 Å². The first-order valence-corrected chi connectivity index (χ1v) is 8.93. The highest BCUT2D eigenvalue weighted by molar-refractivity contribution is 5.79. The monoisotopic (exact) mass is 363 g/mol. The van der Waals surface area contributed by atoms with E-state index in [0.29, 0.717) is 12.5 Å². The Bertz CT molecular complexity index is 1050. The van der Waals surface area contributed by atoms with Crippen molar-refractivity contribution in [3.63, 3.8) is 0 Å². The number of hydrogen-bond donors (Lipinski definition) is 1. The van der Waals surface area contributed by atoms with Crippen molar-refractivity contribution in [2.24, 2.45) is 0 Å². The summed E-state index contributed by atoms with van der Waals surface area (Å²) in [6.07, 6.45) is 0. The highest BCUT2D eigenvalue weighted by Gasteiger charge is 2.13. The van der Waals surface area contributed by atoms with Crippen LogP contribution in [-0.2, 0) is 6.61 Å². The van der Waals surface area contributed by atoms with E-state index < -0.39 is 0 Å². The lowest BCUT2D eigenvalue weighted by Crippen LogP contribution is -1.97. The lowest BCUT2D eigenvalue weighted by Gasteiger charge is -2.04. The molecular formula is C22H21NO4. The van der Waals surface area contributed by atoms with Crippen LogP contribution in [0.4, 0.5) is 0 Å². The Morgan fingerprint density at radius 3 is 2.67 bits per heavy atom. The second kappa shape index (κ2) is 7.29. The van der Waals surface area contributed by atoms with Gasteiger partial charge in [-0.15, -0.1) is 0 Å². The standard InChI is InChI=1S/C22H21NO4/c1-14(12-24)21-11-17-10-18(8-9-20(17)27-21)25-13-19-15(2)26-22(23-19)16-6-4-3-5-7-16/h3-11,14,24H,12-13H2,1-2H3. The molecule has 0 saturated carbocycles. The lowest BCUT2D eigenvalue weighted by molar-refractivity contribution is 0.259. The number of rotatable bonds is 6. The molecular weight excluding hydrogens is 342 g/mol. The molecule has 2 aromatic heterocycles. The normalized spacial score (nSPS) is 12.4. The average Bonchev–Trinajstić information content (AvgIpc) is 3.29. The van der Waals surface area contributed by atoms with Gasteiger partial charge >= 0.3 is 0 Å². The zero-order valence-corrected chi connectivity index (χ0v) is 15.3. The van der Waals surface area contributed by atoms with Crippen LogP contribution in [0.1, 0.15) is 30.1 Å². The fourth-order valence-electron chi connectivity index (χ4n) is 2.88. The number of oxazole rings is 1. The maximum Gasteiger partial charge on any atom is 0.226 e. The van der Waals surface area contributed by atoms with E-state index in [0.717, 1.165) is 39.5 Å². The number of aryl methyl sites for hydroxylation is 1. The molecule has 27 heavy (non-hydrogen) atoms. The SMILES string of the molecule is Cc1oc(-c2ccccc2)nc1COc1ccc2oc(C(C)CO)cc2c1. The van der Waals surface area contributed by atoms with E-state index in [2.05, 4.69) is 4.98 Å². The Hall–Kier alpha value is -3.05. The Labute approximate surface area is 157 Å². The lowest BCUT2D eigenvalue weighted by atomic mass is 10.1. The van der Waals surface area contributed by atoms with Crippen LogP contribution in [0.3, 0.4) is 0 Å². The second-order valence-electron chi connectivity index (χ2n) is 6.61. The summed E-state index contributed by atoms with van der Waals surface area (Å²) in [7, 11) is 0. The molecule has 5 nitrogen and oxygen atoms in total. The van der Waals surface area contributed by atoms with Crippen molar-refractivity contribution in [1.82, 2.24) is 4.98 Å². The smallest absolute Gasteiger partial charge is 0.226 e. The Balaban J connectivity index is 1.51. The zero-order chi connectivity index (χ0) is 18.8. The summed E-state index contributed by atoms with van der Waals surface area (Å²) in [4.78, 5) is 4.56. The van der Waals surface area contributed by atoms with Crippen molar-refractivity contribution in [1.29, 1.82) is 0 Å². The molecule has 0 amide bonds. The van der Waals surface area contributed by atoms with Gasteiger partial charge in [0, 0.05) is 16.9 Å². The van der Waals surface area contributed by atoms with E-state index in [9.17, 15) is 5.11 Å². The topological polar surface area (TPSA) is 68.6 Å². The molecule has 0 spiro atoms. The summed E-state index contributed by atoms with van der Waals surface area (Å²) in [5, 5.41) is 10.2. The Morgan fingerprint density at radius 2 is 1.89 bits per heavy atom. The third-order valence-electron chi connectivity index (χ3n) is 4.56. The van der Waals surface area contributed by atoms with Crippen molar-refractivity contribution >= 4 is 11.0 Å². The molecule has 138 valence electrons. The molecule has 5 heteroatoms. The molecule has 0 aliphatic rings. The fourth-order valence-corrected chi connectivity index (χ4v) is 2.88. The van der Waals surface area contributed by atoms with E-state index in [1.54, 1.807) is 0 Å². The van der Waals surface area contributed by atoms with Crippen molar-refractivity contribution in [2.75, 3.05) is 6.61 Å². The molecule has 0 bridgehead atoms. The first kappa shape index (κ1) is 17.4. The van der Waals surface area contributed by atoms with E-state index in [1.165, 1.54) is 0 Å². The predicted molar refractivity (Wildman–Crippen MR) is 103 cm³/mol. The number of benzene rings is 2. The highest BCUT2D eigenvalue weighted by Crippen LogP contribution is 2.29. The zero-order valence-electron chi connectivity index (χ0n) is 15.3. The molecule has 1 N–H and O–H groups in total. The maximum absolute atomic E-state index is 9.29. The molecule has 1 atom stereocenters. The van der Waals surface area contributed by atoms with Crippen LogP contribution in [0.25, 0.3) is 22.4 Å². The van der Waals surface area contributed by atoms with E-state index in [1.807, 2.05) is 68.4 Å². The molecule has 1 unspecified atom stereocenters. The highest BCUT2D eigenvalue weighted by atomic mass is 16.5. The third kappa shape index (κ3) is 3.59. The van der Waals surface area contributed by atoms with Gasteiger partial charge in [0.15, 0.2) is 0 Å². The molecule has 2 heterocycles. The summed E-state index contributed by atoms with van der Waals surface area (Å²) in [6, 6.07) is 17.4. The van der Waals surface area contributed by atoms with Gasteiger partial charge in [-0.25, -0.2) is 4.98 Å². The van der Waals surface area contributed by atoms with Crippen LogP contribution in [0.5, 0.6) is 5.75 Å². The van der Waals surface area contributed by atoms with Crippen LogP contribution in [0.2, 0.25) is 0 Å². The number of aliphatic hydroxyl groups is 1. The van der Waals surface area contributed by atoms with Gasteiger partial charge in [0.25, 0.3) is 0 Å². The minimum atomic E-state index is -0.0315. The van der Waals surface area contributed by atoms with E-state index in [-0.39, 0.29) is 12.5 Å². The first-order chi connectivity index (χ1) is 13.1. The number of nitrogens with zero attached hydrogens (tertiary/aromatic N) is 1. The number of fused-ring (bicyclic) bond motifs is 1. The molecule has 0 aliphatic heterocycles. The van der Waals surface area contributed by atoms with Gasteiger partial charge in [-0.2, -0.15) is 0 Å². The van der Waals surface area contributed by atoms with Gasteiger partial charge in [0.05, 0.1) is 6.61 Å². The summed E-state index contributed by atoms with van der Waals surface area (Å²) in [5.41, 5.74) is 2.49. The molecule has 2 aromatic carbocycles. The second-order valence-corrected chi connectivity index (χ2v) is 6.61. The van der Waals surface area contributed by atoms with Gasteiger partial charge in [0.1, 0.15) is 35.2 Å². The summed E-state index contributed by atoms with van der Waals surface area (Å²) < 4.78 is 17.5. The minimum Gasteiger partial charge on any atom is -0.487 e. The Morgan fingerprint density at radius 1 is 1.07 bits per heavy atom.